The van der Waals surface area contributed by atoms with Gasteiger partial charge in [0, 0.05) is 11.3 Å². The number of benzene rings is 2. The lowest BCUT2D eigenvalue weighted by Gasteiger charge is -2.20. The van der Waals surface area contributed by atoms with Crippen LogP contribution in [-0.4, -0.2) is 27.0 Å². The van der Waals surface area contributed by atoms with E-state index in [1.54, 1.807) is 24.3 Å². The molecule has 1 heterocycles. The molecule has 1 amide bonds. The van der Waals surface area contributed by atoms with E-state index in [1.165, 1.54) is 12.1 Å². The molecule has 22 heavy (non-hydrogen) atoms. The third-order valence-corrected chi connectivity index (χ3v) is 3.69. The normalized spacial score (nSPS) is 19.6. The van der Waals surface area contributed by atoms with Crippen LogP contribution in [0.15, 0.2) is 42.5 Å². The van der Waals surface area contributed by atoms with E-state index in [0.29, 0.717) is 11.3 Å². The number of Topliss-reactive ketones (excluding diaryl/α,β-unsaturated/α-hetero) is 1. The first-order valence-electron chi connectivity index (χ1n) is 6.60. The number of hydrogen-bond donors (Lipinski definition) is 4. The number of fused-ring (bicyclic) bond motifs is 1. The molecule has 1 aliphatic heterocycles. The van der Waals surface area contributed by atoms with E-state index in [4.69, 9.17) is 0 Å². The molecule has 3 rings (SSSR count). The Morgan fingerprint density at radius 1 is 1.14 bits per heavy atom. The van der Waals surface area contributed by atoms with E-state index < -0.39 is 23.7 Å². The summed E-state index contributed by atoms with van der Waals surface area (Å²) in [6.07, 6.45) is -0.535. The Kier molecular flexibility index (Phi) is 3.11. The molecule has 2 aromatic carbocycles. The molecule has 0 saturated heterocycles. The van der Waals surface area contributed by atoms with E-state index >= 15 is 0 Å². The zero-order chi connectivity index (χ0) is 15.9. The van der Waals surface area contributed by atoms with Crippen molar-refractivity contribution in [1.82, 2.24) is 0 Å². The summed E-state index contributed by atoms with van der Waals surface area (Å²) in [4.78, 5) is 24.4. The molecule has 4 N–H and O–H groups in total. The quantitative estimate of drug-likeness (QED) is 0.507. The first-order chi connectivity index (χ1) is 10.4. The highest BCUT2D eigenvalue weighted by molar-refractivity contribution is 6.10. The van der Waals surface area contributed by atoms with Crippen molar-refractivity contribution in [2.45, 2.75) is 12.0 Å². The van der Waals surface area contributed by atoms with Gasteiger partial charge in [0.25, 0.3) is 5.91 Å². The summed E-state index contributed by atoms with van der Waals surface area (Å²) in [6.45, 7) is 0. The van der Waals surface area contributed by atoms with Gasteiger partial charge in [-0.3, -0.25) is 9.59 Å². The van der Waals surface area contributed by atoms with E-state index in [1.807, 2.05) is 0 Å². The summed E-state index contributed by atoms with van der Waals surface area (Å²) in [5, 5.41) is 32.3. The highest BCUT2D eigenvalue weighted by Crippen LogP contribution is 2.39. The minimum absolute atomic E-state index is 0.148. The van der Waals surface area contributed by atoms with Crippen LogP contribution in [0.25, 0.3) is 0 Å². The molecule has 0 spiro atoms. The fourth-order valence-electron chi connectivity index (χ4n) is 2.55. The van der Waals surface area contributed by atoms with E-state index in [9.17, 15) is 24.9 Å². The first kappa shape index (κ1) is 14.1. The molecule has 1 aliphatic rings. The maximum atomic E-state index is 12.3. The van der Waals surface area contributed by atoms with Crippen LogP contribution in [0, 0.1) is 0 Å². The molecule has 0 aliphatic carbocycles. The summed E-state index contributed by atoms with van der Waals surface area (Å²) >= 11 is 0. The second-order valence-electron chi connectivity index (χ2n) is 5.16. The summed E-state index contributed by atoms with van der Waals surface area (Å²) in [5.41, 5.74) is -1.38. The highest BCUT2D eigenvalue weighted by Gasteiger charge is 2.46. The SMILES string of the molecule is O=C(C[C@]1(O)C(=O)Nc2ccccc21)c1cc(O)ccc1O. The highest BCUT2D eigenvalue weighted by atomic mass is 16.3. The Hall–Kier alpha value is -2.86. The van der Waals surface area contributed by atoms with Crippen LogP contribution >= 0.6 is 0 Å². The molecule has 0 bridgehead atoms. The molecule has 1 atom stereocenters. The van der Waals surface area contributed by atoms with E-state index in [-0.39, 0.29) is 17.1 Å². The molecule has 2 aromatic rings. The summed E-state index contributed by atoms with van der Waals surface area (Å²) in [6, 6.07) is 10.0. The van der Waals surface area contributed by atoms with Gasteiger partial charge >= 0.3 is 0 Å². The second kappa shape index (κ2) is 4.85. The predicted octanol–water partition coefficient (Wildman–Crippen LogP) is 1.51. The number of anilines is 1. The Labute approximate surface area is 125 Å². The first-order valence-corrected chi connectivity index (χ1v) is 6.60. The number of hydrogen-bond acceptors (Lipinski definition) is 5. The number of nitrogens with one attached hydrogen (secondary N) is 1. The number of aliphatic hydroxyl groups is 1. The summed E-state index contributed by atoms with van der Waals surface area (Å²) in [5.74, 6) is -1.85. The van der Waals surface area contributed by atoms with Gasteiger partial charge in [0.05, 0.1) is 12.0 Å². The Morgan fingerprint density at radius 2 is 1.86 bits per heavy atom. The van der Waals surface area contributed by atoms with Crippen LogP contribution in [0.5, 0.6) is 11.5 Å². The number of ketones is 1. The number of aromatic hydroxyl groups is 2. The van der Waals surface area contributed by atoms with Gasteiger partial charge in [-0.05, 0) is 24.3 Å². The number of phenolic OH excluding ortho intramolecular Hbond substituents is 2. The molecule has 0 radical (unpaired) electrons. The fourth-order valence-corrected chi connectivity index (χ4v) is 2.55. The van der Waals surface area contributed by atoms with Gasteiger partial charge in [-0.2, -0.15) is 0 Å². The lowest BCUT2D eigenvalue weighted by atomic mass is 9.88. The maximum absolute atomic E-state index is 12.3. The van der Waals surface area contributed by atoms with Crippen molar-refractivity contribution in [2.24, 2.45) is 0 Å². The van der Waals surface area contributed by atoms with Gasteiger partial charge in [-0.15, -0.1) is 0 Å². The van der Waals surface area contributed by atoms with Crippen LogP contribution in [0.3, 0.4) is 0 Å². The Balaban J connectivity index is 1.97. The lowest BCUT2D eigenvalue weighted by molar-refractivity contribution is -0.133. The molecule has 6 heteroatoms. The lowest BCUT2D eigenvalue weighted by Crippen LogP contribution is -2.36. The van der Waals surface area contributed by atoms with E-state index in [0.717, 1.165) is 6.07 Å². The zero-order valence-electron chi connectivity index (χ0n) is 11.4. The number of amides is 1. The summed E-state index contributed by atoms with van der Waals surface area (Å²) < 4.78 is 0. The van der Waals surface area contributed by atoms with Crippen LogP contribution in [0.2, 0.25) is 0 Å². The number of carbonyl (C=O) groups is 2. The van der Waals surface area contributed by atoms with E-state index in [2.05, 4.69) is 5.32 Å². The minimum Gasteiger partial charge on any atom is -0.508 e. The Morgan fingerprint density at radius 3 is 2.64 bits per heavy atom. The number of phenols is 2. The van der Waals surface area contributed by atoms with Crippen molar-refractivity contribution in [1.29, 1.82) is 0 Å². The molecular formula is C16H13NO5. The summed E-state index contributed by atoms with van der Waals surface area (Å²) in [7, 11) is 0. The van der Waals surface area contributed by atoms with Crippen LogP contribution in [0.4, 0.5) is 5.69 Å². The maximum Gasteiger partial charge on any atom is 0.261 e. The molecule has 0 fully saturated rings. The average Bonchev–Trinajstić information content (AvgIpc) is 2.73. The fraction of sp³-hybridized carbons (Fsp3) is 0.125. The largest absolute Gasteiger partial charge is 0.508 e. The third kappa shape index (κ3) is 2.10. The standard InChI is InChI=1S/C16H13NO5/c18-9-5-6-13(19)10(7-9)14(20)8-16(22)11-3-1-2-4-12(11)17-15(16)21/h1-7,18-19,22H,8H2,(H,17,21)/t16-/m1/s1. The predicted molar refractivity (Wildman–Crippen MR) is 77.7 cm³/mol. The number of carbonyl (C=O) groups excluding carboxylic acids is 2. The molecule has 0 aromatic heterocycles. The molecule has 6 nitrogen and oxygen atoms in total. The van der Waals surface area contributed by atoms with Crippen molar-refractivity contribution in [3.05, 3.63) is 53.6 Å². The van der Waals surface area contributed by atoms with Gasteiger partial charge in [0.2, 0.25) is 0 Å². The van der Waals surface area contributed by atoms with Gasteiger partial charge in [0.15, 0.2) is 11.4 Å². The van der Waals surface area contributed by atoms with Crippen molar-refractivity contribution in [2.75, 3.05) is 5.32 Å². The van der Waals surface area contributed by atoms with Crippen molar-refractivity contribution < 1.29 is 24.9 Å². The monoisotopic (exact) mass is 299 g/mol. The minimum atomic E-state index is -1.99. The van der Waals surface area contributed by atoms with Gasteiger partial charge in [-0.1, -0.05) is 18.2 Å². The van der Waals surface area contributed by atoms with Crippen molar-refractivity contribution in [3.8, 4) is 11.5 Å². The zero-order valence-corrected chi connectivity index (χ0v) is 11.4. The van der Waals surface area contributed by atoms with Crippen LogP contribution in [-0.2, 0) is 10.4 Å². The smallest absolute Gasteiger partial charge is 0.261 e. The third-order valence-electron chi connectivity index (χ3n) is 3.69. The van der Waals surface area contributed by atoms with Crippen molar-refractivity contribution in [3.63, 3.8) is 0 Å². The van der Waals surface area contributed by atoms with Gasteiger partial charge < -0.3 is 20.6 Å². The average molecular weight is 299 g/mol. The number of para-hydroxylation sites is 1. The Bertz CT molecular complexity index is 786. The second-order valence-corrected chi connectivity index (χ2v) is 5.16. The molecular weight excluding hydrogens is 286 g/mol. The van der Waals surface area contributed by atoms with Gasteiger partial charge in [-0.25, -0.2) is 0 Å². The molecule has 112 valence electrons. The topological polar surface area (TPSA) is 107 Å². The van der Waals surface area contributed by atoms with Crippen LogP contribution < -0.4 is 5.32 Å². The molecule has 0 saturated carbocycles. The van der Waals surface area contributed by atoms with Gasteiger partial charge in [0.1, 0.15) is 11.5 Å². The van der Waals surface area contributed by atoms with Crippen LogP contribution in [0.1, 0.15) is 22.3 Å². The van der Waals surface area contributed by atoms with Crippen molar-refractivity contribution >= 4 is 17.4 Å². The number of rotatable bonds is 3. The molecule has 0 unspecified atom stereocenters.